The van der Waals surface area contributed by atoms with E-state index in [9.17, 15) is 0 Å². The predicted octanol–water partition coefficient (Wildman–Crippen LogP) is 0.865. The molecule has 0 rings (SSSR count). The summed E-state index contributed by atoms with van der Waals surface area (Å²) in [7, 11) is 0. The zero-order valence-electron chi connectivity index (χ0n) is 5.33. The van der Waals surface area contributed by atoms with Crippen molar-refractivity contribution in [2.75, 3.05) is 0 Å². The van der Waals surface area contributed by atoms with Crippen LogP contribution in [0.1, 0.15) is 6.92 Å². The molecule has 48 valence electrons. The van der Waals surface area contributed by atoms with Crippen LogP contribution in [0.25, 0.3) is 0 Å². The van der Waals surface area contributed by atoms with Crippen molar-refractivity contribution >= 4 is 6.21 Å². The van der Waals surface area contributed by atoms with Crippen LogP contribution in [0.2, 0.25) is 0 Å². The van der Waals surface area contributed by atoms with Gasteiger partial charge in [0.1, 0.15) is 0 Å². The molecule has 1 atom stereocenters. The quantitative estimate of drug-likeness (QED) is 0.447. The van der Waals surface area contributed by atoms with Crippen LogP contribution in [0.15, 0.2) is 17.9 Å². The van der Waals surface area contributed by atoms with Crippen LogP contribution >= 0.6 is 0 Å². The number of rotatable bonds is 3. The summed E-state index contributed by atoms with van der Waals surface area (Å²) in [4.78, 5) is 0. The van der Waals surface area contributed by atoms with Crippen molar-refractivity contribution in [1.29, 1.82) is 5.26 Å². The molecule has 0 spiro atoms. The summed E-state index contributed by atoms with van der Waals surface area (Å²) in [6, 6.07) is 2.00. The first kappa shape index (κ1) is 7.70. The highest BCUT2D eigenvalue weighted by Gasteiger charge is 1.88. The number of hydrogen-bond acceptors (Lipinski definition) is 3. The molecule has 0 aliphatic carbocycles. The van der Waals surface area contributed by atoms with E-state index >= 15 is 0 Å². The first-order valence-corrected chi connectivity index (χ1v) is 2.60. The van der Waals surface area contributed by atoms with Crippen LogP contribution in [0.3, 0.4) is 0 Å². The first-order chi connectivity index (χ1) is 4.31. The van der Waals surface area contributed by atoms with Crippen molar-refractivity contribution < 1.29 is 0 Å². The Morgan fingerprint density at radius 2 is 2.56 bits per heavy atom. The van der Waals surface area contributed by atoms with Crippen LogP contribution in [0.5, 0.6) is 0 Å². The second kappa shape index (κ2) is 4.85. The van der Waals surface area contributed by atoms with Gasteiger partial charge in [0.15, 0.2) is 0 Å². The van der Waals surface area contributed by atoms with E-state index in [0.717, 1.165) is 0 Å². The second-order valence-electron chi connectivity index (χ2n) is 1.53. The van der Waals surface area contributed by atoms with Crippen molar-refractivity contribution in [3.8, 4) is 6.07 Å². The number of hydrazone groups is 1. The van der Waals surface area contributed by atoms with Crippen molar-refractivity contribution in [2.45, 2.75) is 6.92 Å². The van der Waals surface area contributed by atoms with E-state index < -0.39 is 0 Å². The molecule has 0 aliphatic heterocycles. The van der Waals surface area contributed by atoms with Crippen molar-refractivity contribution in [1.82, 2.24) is 5.43 Å². The van der Waals surface area contributed by atoms with Gasteiger partial charge in [0.25, 0.3) is 0 Å². The third kappa shape index (κ3) is 4.56. The minimum absolute atomic E-state index is 0.141. The molecule has 3 nitrogen and oxygen atoms in total. The fourth-order valence-corrected chi connectivity index (χ4v) is 0.241. The van der Waals surface area contributed by atoms with Gasteiger partial charge in [-0.3, -0.25) is 5.43 Å². The van der Waals surface area contributed by atoms with Crippen molar-refractivity contribution in [3.05, 3.63) is 12.8 Å². The topological polar surface area (TPSA) is 48.2 Å². The Hall–Kier alpha value is -1.30. The number of hydrogen-bond donors (Lipinski definition) is 1. The minimum atomic E-state index is -0.141. The maximum Gasteiger partial charge on any atom is 0.0805 e. The van der Waals surface area contributed by atoms with Crippen LogP contribution in [-0.4, -0.2) is 6.21 Å². The van der Waals surface area contributed by atoms with Gasteiger partial charge in [-0.15, -0.1) is 0 Å². The summed E-state index contributed by atoms with van der Waals surface area (Å²) >= 11 is 0. The van der Waals surface area contributed by atoms with Crippen molar-refractivity contribution in [2.24, 2.45) is 11.0 Å². The molecule has 9 heavy (non-hydrogen) atoms. The largest absolute Gasteiger partial charge is 0.287 e. The van der Waals surface area contributed by atoms with E-state index in [0.29, 0.717) is 0 Å². The van der Waals surface area contributed by atoms with Gasteiger partial charge in [-0.05, 0) is 6.92 Å². The number of nitrogens with zero attached hydrogens (tertiary/aromatic N) is 2. The zero-order valence-corrected chi connectivity index (χ0v) is 5.33. The summed E-state index contributed by atoms with van der Waals surface area (Å²) in [5.74, 6) is -0.141. The Balaban J connectivity index is 3.46. The van der Waals surface area contributed by atoms with E-state index in [4.69, 9.17) is 5.26 Å². The van der Waals surface area contributed by atoms with Crippen LogP contribution < -0.4 is 5.43 Å². The summed E-state index contributed by atoms with van der Waals surface area (Å²) in [6.07, 6.45) is 2.96. The molecule has 1 unspecified atom stereocenters. The molecule has 0 heterocycles. The highest BCUT2D eigenvalue weighted by atomic mass is 15.3. The molecule has 0 aromatic heterocycles. The highest BCUT2D eigenvalue weighted by Crippen LogP contribution is 1.82. The van der Waals surface area contributed by atoms with Crippen LogP contribution in [-0.2, 0) is 0 Å². The third-order valence-corrected chi connectivity index (χ3v) is 0.668. The standard InChI is InChI=1S/C6H9N3/c1-3-8-9-5-6(2)4-7/h3,5-6,8H,1H2,2H3/b9-5-. The average molecular weight is 123 g/mol. The highest BCUT2D eigenvalue weighted by molar-refractivity contribution is 5.63. The smallest absolute Gasteiger partial charge is 0.0805 e. The normalized spacial score (nSPS) is 12.4. The lowest BCUT2D eigenvalue weighted by Gasteiger charge is -1.88. The maximum absolute atomic E-state index is 8.24. The SMILES string of the molecule is C=CN/N=C\C(C)C#N. The lowest BCUT2D eigenvalue weighted by Crippen LogP contribution is -1.97. The molecule has 0 aromatic rings. The number of nitriles is 1. The van der Waals surface area contributed by atoms with Gasteiger partial charge in [0.05, 0.1) is 12.0 Å². The number of nitrogens with one attached hydrogen (secondary N) is 1. The zero-order chi connectivity index (χ0) is 7.11. The van der Waals surface area contributed by atoms with E-state index in [-0.39, 0.29) is 5.92 Å². The molecule has 0 saturated carbocycles. The van der Waals surface area contributed by atoms with Gasteiger partial charge < -0.3 is 0 Å². The first-order valence-electron chi connectivity index (χ1n) is 2.60. The van der Waals surface area contributed by atoms with Gasteiger partial charge in [0.2, 0.25) is 0 Å². The third-order valence-electron chi connectivity index (χ3n) is 0.668. The maximum atomic E-state index is 8.24. The molecule has 0 aromatic carbocycles. The molecule has 3 heteroatoms. The molecule has 0 radical (unpaired) electrons. The molecule has 0 aliphatic rings. The lowest BCUT2D eigenvalue weighted by molar-refractivity contribution is 0.938. The van der Waals surface area contributed by atoms with Crippen LogP contribution in [0, 0.1) is 17.2 Å². The van der Waals surface area contributed by atoms with Gasteiger partial charge in [0, 0.05) is 12.4 Å². The Bertz CT molecular complexity index is 143. The molecule has 1 N–H and O–H groups in total. The molecular formula is C6H9N3. The fraction of sp³-hybridized carbons (Fsp3) is 0.333. The predicted molar refractivity (Wildman–Crippen MR) is 36.6 cm³/mol. The fourth-order valence-electron chi connectivity index (χ4n) is 0.241. The van der Waals surface area contributed by atoms with Gasteiger partial charge in [-0.25, -0.2) is 0 Å². The van der Waals surface area contributed by atoms with Gasteiger partial charge in [-0.2, -0.15) is 10.4 Å². The molecule has 0 saturated heterocycles. The average Bonchev–Trinajstić information content (AvgIpc) is 1.89. The van der Waals surface area contributed by atoms with E-state index in [1.54, 1.807) is 6.92 Å². The van der Waals surface area contributed by atoms with E-state index in [1.165, 1.54) is 12.4 Å². The second-order valence-corrected chi connectivity index (χ2v) is 1.53. The van der Waals surface area contributed by atoms with E-state index in [1.807, 2.05) is 6.07 Å². The van der Waals surface area contributed by atoms with Crippen LogP contribution in [0.4, 0.5) is 0 Å². The Morgan fingerprint density at radius 3 is 3.00 bits per heavy atom. The Kier molecular flexibility index (Phi) is 4.15. The molecule has 0 amide bonds. The molecular weight excluding hydrogens is 114 g/mol. The lowest BCUT2D eigenvalue weighted by atomic mass is 10.2. The molecule has 0 bridgehead atoms. The minimum Gasteiger partial charge on any atom is -0.287 e. The summed E-state index contributed by atoms with van der Waals surface area (Å²) < 4.78 is 0. The summed E-state index contributed by atoms with van der Waals surface area (Å²) in [5, 5.41) is 11.9. The monoisotopic (exact) mass is 123 g/mol. The van der Waals surface area contributed by atoms with Crippen molar-refractivity contribution in [3.63, 3.8) is 0 Å². The van der Waals surface area contributed by atoms with E-state index in [2.05, 4.69) is 17.1 Å². The Morgan fingerprint density at radius 1 is 1.89 bits per heavy atom. The Labute approximate surface area is 54.7 Å². The van der Waals surface area contributed by atoms with Gasteiger partial charge in [-0.1, -0.05) is 6.58 Å². The summed E-state index contributed by atoms with van der Waals surface area (Å²) in [5.41, 5.74) is 2.50. The molecule has 0 fully saturated rings. The van der Waals surface area contributed by atoms with Gasteiger partial charge >= 0.3 is 0 Å². The summed E-state index contributed by atoms with van der Waals surface area (Å²) in [6.45, 7) is 5.13.